The Labute approximate surface area is 158 Å². The van der Waals surface area contributed by atoms with E-state index in [1.54, 1.807) is 24.5 Å². The maximum absolute atomic E-state index is 12.4. The first kappa shape index (κ1) is 17.3. The topological polar surface area (TPSA) is 90.6 Å². The summed E-state index contributed by atoms with van der Waals surface area (Å²) in [5.74, 6) is -1.10. The van der Waals surface area contributed by atoms with Gasteiger partial charge in [0.05, 0.1) is 16.3 Å². The van der Waals surface area contributed by atoms with E-state index in [2.05, 4.69) is 0 Å². The van der Waals surface area contributed by atoms with Gasteiger partial charge in [0.25, 0.3) is 0 Å². The van der Waals surface area contributed by atoms with Crippen LogP contribution in [0.2, 0.25) is 0 Å². The number of carboxylic acids is 1. The van der Waals surface area contributed by atoms with Gasteiger partial charge >= 0.3 is 43.7 Å². The zero-order chi connectivity index (χ0) is 15.1. The first-order valence-corrected chi connectivity index (χ1v) is 7.60. The van der Waals surface area contributed by atoms with Crippen LogP contribution in [-0.2, 0) is 11.2 Å². The summed E-state index contributed by atoms with van der Waals surface area (Å²) >= 11 is -1.17. The van der Waals surface area contributed by atoms with E-state index >= 15 is 0 Å². The fraction of sp³-hybridized carbons (Fsp3) is 0.0667. The standard InChI is InChI=1S/C15H10O5S.Ca.2H/c1-21(19)9-3-4-10-13(7-9)20-12-5-2-8(15(17)18)6-11(12)14(10)16;;;/h2-7H,1H3,(H,17,18);;;. The van der Waals surface area contributed by atoms with Crippen LogP contribution < -0.4 is 5.43 Å². The van der Waals surface area contributed by atoms with Crippen LogP contribution in [0.5, 0.6) is 0 Å². The first-order valence-electron chi connectivity index (χ1n) is 6.05. The van der Waals surface area contributed by atoms with E-state index in [1.165, 1.54) is 18.2 Å². The van der Waals surface area contributed by atoms with Gasteiger partial charge in [0, 0.05) is 6.07 Å². The predicted molar refractivity (Wildman–Crippen MR) is 87.8 cm³/mol. The number of hydrogen-bond donors (Lipinski definition) is 1. The summed E-state index contributed by atoms with van der Waals surface area (Å²) in [6.45, 7) is 0. The molecule has 1 unspecified atom stereocenters. The molecule has 0 radical (unpaired) electrons. The molecule has 2 aromatic carbocycles. The van der Waals surface area contributed by atoms with Crippen molar-refractivity contribution in [3.8, 4) is 0 Å². The van der Waals surface area contributed by atoms with Gasteiger partial charge in [-0.15, -0.1) is 0 Å². The Hall–Kier alpha value is -1.05. The van der Waals surface area contributed by atoms with Crippen LogP contribution in [0.15, 0.2) is 50.5 Å². The van der Waals surface area contributed by atoms with Crippen LogP contribution >= 0.6 is 0 Å². The van der Waals surface area contributed by atoms with E-state index < -0.39 is 17.1 Å². The second kappa shape index (κ2) is 6.60. The van der Waals surface area contributed by atoms with E-state index in [9.17, 15) is 14.1 Å². The predicted octanol–water partition coefficient (Wildman–Crippen LogP) is 1.47. The number of benzene rings is 2. The van der Waals surface area contributed by atoms with Crippen molar-refractivity contribution in [2.24, 2.45) is 0 Å². The van der Waals surface area contributed by atoms with Crippen LogP contribution in [0.25, 0.3) is 21.9 Å². The molecule has 110 valence electrons. The van der Waals surface area contributed by atoms with Crippen molar-refractivity contribution in [1.82, 2.24) is 0 Å². The Kier molecular flexibility index (Phi) is 5.19. The molecule has 1 N–H and O–H groups in total. The number of carbonyl (C=O) groups is 1. The van der Waals surface area contributed by atoms with Crippen molar-refractivity contribution in [1.29, 1.82) is 0 Å². The van der Waals surface area contributed by atoms with E-state index in [0.29, 0.717) is 21.4 Å². The van der Waals surface area contributed by atoms with Crippen LogP contribution in [0.1, 0.15) is 10.4 Å². The molecular weight excluding hydrogens is 332 g/mol. The number of fused-ring (bicyclic) bond motifs is 2. The summed E-state index contributed by atoms with van der Waals surface area (Å²) in [6, 6.07) is 8.84. The molecule has 5 nitrogen and oxygen atoms in total. The molecule has 0 bridgehead atoms. The van der Waals surface area contributed by atoms with Crippen molar-refractivity contribution in [3.63, 3.8) is 0 Å². The third-order valence-corrected chi connectivity index (χ3v) is 4.14. The summed E-state index contributed by atoms with van der Waals surface area (Å²) < 4.78 is 17.1. The third kappa shape index (κ3) is 3.02. The fourth-order valence-corrected chi connectivity index (χ4v) is 2.68. The van der Waals surface area contributed by atoms with Crippen LogP contribution in [0.4, 0.5) is 0 Å². The van der Waals surface area contributed by atoms with Crippen molar-refractivity contribution in [2.75, 3.05) is 6.26 Å². The van der Waals surface area contributed by atoms with Gasteiger partial charge in [-0.2, -0.15) is 0 Å². The SMILES string of the molecule is C[S+]([O-])c1ccc2c(=O)c3cc(C(=O)O)ccc3oc2c1.[CaH2]. The van der Waals surface area contributed by atoms with E-state index in [0.717, 1.165) is 0 Å². The Morgan fingerprint density at radius 2 is 1.86 bits per heavy atom. The minimum absolute atomic E-state index is 0. The molecule has 3 aromatic rings. The van der Waals surface area contributed by atoms with Crippen molar-refractivity contribution < 1.29 is 18.9 Å². The van der Waals surface area contributed by atoms with Crippen LogP contribution in [-0.4, -0.2) is 59.6 Å². The van der Waals surface area contributed by atoms with Crippen LogP contribution in [0, 0.1) is 0 Å². The number of hydrogen-bond acceptors (Lipinski definition) is 4. The Morgan fingerprint density at radius 3 is 2.50 bits per heavy atom. The van der Waals surface area contributed by atoms with Gasteiger partial charge in [-0.25, -0.2) is 4.79 Å². The quantitative estimate of drug-likeness (QED) is 0.432. The van der Waals surface area contributed by atoms with Crippen molar-refractivity contribution in [3.05, 3.63) is 52.2 Å². The van der Waals surface area contributed by atoms with E-state index in [1.807, 2.05) is 0 Å². The second-order valence-corrected chi connectivity index (χ2v) is 5.94. The fourth-order valence-electron chi connectivity index (χ4n) is 2.15. The second-order valence-electron chi connectivity index (χ2n) is 4.56. The normalized spacial score (nSPS) is 12.1. The Balaban J connectivity index is 0.00000176. The molecule has 0 saturated carbocycles. The molecule has 1 atom stereocenters. The van der Waals surface area contributed by atoms with Gasteiger partial charge in [-0.05, 0) is 41.5 Å². The number of carboxylic acid groups (broad SMARTS) is 1. The molecule has 0 aliphatic carbocycles. The van der Waals surface area contributed by atoms with Crippen molar-refractivity contribution in [2.45, 2.75) is 4.90 Å². The van der Waals surface area contributed by atoms with Gasteiger partial charge in [0.15, 0.2) is 4.90 Å². The zero-order valence-corrected chi connectivity index (χ0v) is 11.8. The molecular formula is C15H12CaO5S. The van der Waals surface area contributed by atoms with Gasteiger partial charge in [0.2, 0.25) is 5.43 Å². The summed E-state index contributed by atoms with van der Waals surface area (Å²) in [4.78, 5) is 23.9. The Morgan fingerprint density at radius 1 is 1.14 bits per heavy atom. The Bertz CT molecular complexity index is 932. The average Bonchev–Trinajstić information content (AvgIpc) is 2.46. The molecule has 3 rings (SSSR count). The molecule has 22 heavy (non-hydrogen) atoms. The molecule has 0 aliphatic heterocycles. The molecule has 1 heterocycles. The average molecular weight is 344 g/mol. The van der Waals surface area contributed by atoms with Gasteiger partial charge in [-0.1, -0.05) is 0 Å². The van der Waals surface area contributed by atoms with Crippen LogP contribution in [0.3, 0.4) is 0 Å². The summed E-state index contributed by atoms with van der Waals surface area (Å²) in [7, 11) is 0. The number of rotatable bonds is 2. The van der Waals surface area contributed by atoms with Gasteiger partial charge < -0.3 is 14.1 Å². The van der Waals surface area contributed by atoms with E-state index in [4.69, 9.17) is 9.52 Å². The van der Waals surface area contributed by atoms with E-state index in [-0.39, 0.29) is 54.1 Å². The number of aromatic carboxylic acids is 1. The third-order valence-electron chi connectivity index (χ3n) is 3.22. The molecule has 0 aliphatic rings. The van der Waals surface area contributed by atoms with Gasteiger partial charge in [-0.3, -0.25) is 4.79 Å². The molecule has 1 aromatic heterocycles. The summed E-state index contributed by atoms with van der Waals surface area (Å²) in [5, 5.41) is 9.53. The molecule has 7 heteroatoms. The zero-order valence-electron chi connectivity index (χ0n) is 11.0. The maximum atomic E-state index is 12.4. The first-order chi connectivity index (χ1) is 9.97. The van der Waals surface area contributed by atoms with Gasteiger partial charge in [0.1, 0.15) is 17.4 Å². The van der Waals surface area contributed by atoms with Crippen molar-refractivity contribution >= 4 is 76.8 Å². The molecule has 0 fully saturated rings. The monoisotopic (exact) mass is 344 g/mol. The molecule has 0 spiro atoms. The molecule has 0 amide bonds. The summed E-state index contributed by atoms with van der Waals surface area (Å²) in [6.07, 6.45) is 1.54. The molecule has 0 saturated heterocycles. The summed E-state index contributed by atoms with van der Waals surface area (Å²) in [5.41, 5.74) is 0.364. The minimum atomic E-state index is -1.17.